The van der Waals surface area contributed by atoms with E-state index in [1.807, 2.05) is 36.4 Å². The Morgan fingerprint density at radius 1 is 1.14 bits per heavy atom. The molecule has 0 radical (unpaired) electrons. The predicted molar refractivity (Wildman–Crippen MR) is 138 cm³/mol. The van der Waals surface area contributed by atoms with Gasteiger partial charge in [-0.05, 0) is 56.4 Å². The van der Waals surface area contributed by atoms with Crippen molar-refractivity contribution in [1.82, 2.24) is 25.0 Å². The molecule has 0 unspecified atom stereocenters. The maximum atomic E-state index is 12.0. The van der Waals surface area contributed by atoms with E-state index in [0.717, 1.165) is 41.7 Å². The van der Waals surface area contributed by atoms with Gasteiger partial charge in [0.15, 0.2) is 11.5 Å². The molecule has 0 bridgehead atoms. The molecule has 1 aliphatic carbocycles. The van der Waals surface area contributed by atoms with Crippen LogP contribution < -0.4 is 4.90 Å². The fourth-order valence-corrected chi connectivity index (χ4v) is 5.34. The SMILES string of the molecule is C[C@@H]1COCCN1c1cc(C2(O)CCC(C#Cc3ccccc3)CC2)c2cnn(-c3cc[nH]n3)c2n1. The molecule has 8 nitrogen and oxygen atoms in total. The normalized spacial score (nSPS) is 24.4. The molecule has 4 aromatic rings. The van der Waals surface area contributed by atoms with Crippen molar-refractivity contribution in [2.24, 2.45) is 5.92 Å². The first-order valence-electron chi connectivity index (χ1n) is 12.6. The minimum absolute atomic E-state index is 0.192. The highest BCUT2D eigenvalue weighted by Gasteiger charge is 2.37. The Labute approximate surface area is 210 Å². The molecular weight excluding hydrogens is 452 g/mol. The van der Waals surface area contributed by atoms with Crippen LogP contribution in [0.2, 0.25) is 0 Å². The topological polar surface area (TPSA) is 92.1 Å². The van der Waals surface area contributed by atoms with Crippen molar-refractivity contribution in [2.45, 2.75) is 44.2 Å². The fraction of sp³-hybridized carbons (Fsp3) is 0.393. The average Bonchev–Trinajstić information content (AvgIpc) is 3.59. The van der Waals surface area contributed by atoms with E-state index in [-0.39, 0.29) is 12.0 Å². The van der Waals surface area contributed by atoms with Crippen molar-refractivity contribution in [3.8, 4) is 17.7 Å². The number of aromatic nitrogens is 5. The lowest BCUT2D eigenvalue weighted by Crippen LogP contribution is -2.44. The minimum atomic E-state index is -0.962. The Hall–Kier alpha value is -3.67. The third kappa shape index (κ3) is 4.25. The van der Waals surface area contributed by atoms with Crippen LogP contribution in [0.15, 0.2) is 54.9 Å². The number of hydrogen-bond acceptors (Lipinski definition) is 6. The summed E-state index contributed by atoms with van der Waals surface area (Å²) in [6.07, 6.45) is 6.55. The number of benzene rings is 1. The van der Waals surface area contributed by atoms with E-state index in [1.54, 1.807) is 17.1 Å². The largest absolute Gasteiger partial charge is 0.385 e. The van der Waals surface area contributed by atoms with Gasteiger partial charge < -0.3 is 14.7 Å². The molecule has 2 N–H and O–H groups in total. The van der Waals surface area contributed by atoms with E-state index in [9.17, 15) is 5.11 Å². The number of morpholine rings is 1. The summed E-state index contributed by atoms with van der Waals surface area (Å²) >= 11 is 0. The number of aliphatic hydroxyl groups is 1. The zero-order chi connectivity index (χ0) is 24.5. The molecule has 4 heterocycles. The first-order valence-corrected chi connectivity index (χ1v) is 12.6. The molecule has 6 rings (SSSR count). The van der Waals surface area contributed by atoms with Crippen LogP contribution in [0.4, 0.5) is 5.82 Å². The number of aromatic amines is 1. The lowest BCUT2D eigenvalue weighted by molar-refractivity contribution is -0.00661. The van der Waals surface area contributed by atoms with Crippen molar-refractivity contribution >= 4 is 16.9 Å². The number of nitrogens with one attached hydrogen (secondary N) is 1. The van der Waals surface area contributed by atoms with Crippen molar-refractivity contribution in [1.29, 1.82) is 0 Å². The molecule has 8 heteroatoms. The summed E-state index contributed by atoms with van der Waals surface area (Å²) < 4.78 is 7.40. The van der Waals surface area contributed by atoms with Gasteiger partial charge in [0.2, 0.25) is 0 Å². The second-order valence-corrected chi connectivity index (χ2v) is 9.81. The van der Waals surface area contributed by atoms with Gasteiger partial charge in [0.1, 0.15) is 5.82 Å². The zero-order valence-electron chi connectivity index (χ0n) is 20.4. The third-order valence-corrected chi connectivity index (χ3v) is 7.40. The van der Waals surface area contributed by atoms with Crippen molar-refractivity contribution < 1.29 is 9.84 Å². The summed E-state index contributed by atoms with van der Waals surface area (Å²) in [5.74, 6) is 8.51. The first kappa shape index (κ1) is 22.8. The smallest absolute Gasteiger partial charge is 0.177 e. The number of rotatable bonds is 3. The molecule has 2 aliphatic rings. The van der Waals surface area contributed by atoms with Gasteiger partial charge in [-0.25, -0.2) is 4.98 Å². The van der Waals surface area contributed by atoms with Crippen molar-refractivity contribution in [3.05, 3.63) is 66.0 Å². The molecule has 1 saturated carbocycles. The Kier molecular flexibility index (Phi) is 5.96. The number of pyridine rings is 1. The maximum Gasteiger partial charge on any atom is 0.177 e. The Morgan fingerprint density at radius 3 is 2.72 bits per heavy atom. The van der Waals surface area contributed by atoms with E-state index in [4.69, 9.17) is 9.72 Å². The average molecular weight is 483 g/mol. The van der Waals surface area contributed by atoms with Gasteiger partial charge in [-0.3, -0.25) is 5.10 Å². The fourth-order valence-electron chi connectivity index (χ4n) is 5.34. The van der Waals surface area contributed by atoms with Crippen LogP contribution in [0, 0.1) is 17.8 Å². The highest BCUT2D eigenvalue weighted by Crippen LogP contribution is 2.43. The second-order valence-electron chi connectivity index (χ2n) is 9.81. The van der Waals surface area contributed by atoms with Crippen LogP contribution in [-0.4, -0.2) is 55.9 Å². The Bertz CT molecular complexity index is 1390. The van der Waals surface area contributed by atoms with E-state index in [0.29, 0.717) is 37.5 Å². The van der Waals surface area contributed by atoms with Gasteiger partial charge in [-0.2, -0.15) is 14.9 Å². The number of H-pyrrole nitrogens is 1. The summed E-state index contributed by atoms with van der Waals surface area (Å²) in [6.45, 7) is 4.20. The summed E-state index contributed by atoms with van der Waals surface area (Å²) in [5, 5.41) is 24.6. The van der Waals surface area contributed by atoms with Crippen LogP contribution in [0.1, 0.15) is 43.7 Å². The minimum Gasteiger partial charge on any atom is -0.385 e. The summed E-state index contributed by atoms with van der Waals surface area (Å²) in [4.78, 5) is 7.27. The van der Waals surface area contributed by atoms with Crippen LogP contribution in [0.5, 0.6) is 0 Å². The molecule has 0 spiro atoms. The zero-order valence-corrected chi connectivity index (χ0v) is 20.4. The van der Waals surface area contributed by atoms with Gasteiger partial charge in [0, 0.05) is 35.7 Å². The van der Waals surface area contributed by atoms with E-state index in [1.165, 1.54) is 0 Å². The molecule has 1 aliphatic heterocycles. The highest BCUT2D eigenvalue weighted by molar-refractivity contribution is 5.83. The Balaban J connectivity index is 1.36. The van der Waals surface area contributed by atoms with E-state index >= 15 is 0 Å². The molecule has 2 fully saturated rings. The quantitative estimate of drug-likeness (QED) is 0.432. The summed E-state index contributed by atoms with van der Waals surface area (Å²) in [6, 6.07) is 14.2. The van der Waals surface area contributed by atoms with Gasteiger partial charge in [0.25, 0.3) is 0 Å². The molecule has 1 atom stereocenters. The monoisotopic (exact) mass is 482 g/mol. The first-order chi connectivity index (χ1) is 17.6. The summed E-state index contributed by atoms with van der Waals surface area (Å²) in [7, 11) is 0. The summed E-state index contributed by atoms with van der Waals surface area (Å²) in [5.41, 5.74) is 1.66. The van der Waals surface area contributed by atoms with Crippen LogP contribution >= 0.6 is 0 Å². The molecule has 36 heavy (non-hydrogen) atoms. The van der Waals surface area contributed by atoms with Crippen LogP contribution in [-0.2, 0) is 10.3 Å². The van der Waals surface area contributed by atoms with E-state index in [2.05, 4.69) is 45.0 Å². The van der Waals surface area contributed by atoms with Gasteiger partial charge in [-0.15, -0.1) is 0 Å². The second kappa shape index (κ2) is 9.41. The Morgan fingerprint density at radius 2 is 1.97 bits per heavy atom. The van der Waals surface area contributed by atoms with Gasteiger partial charge >= 0.3 is 0 Å². The number of fused-ring (bicyclic) bond motifs is 1. The number of nitrogens with zero attached hydrogens (tertiary/aromatic N) is 5. The maximum absolute atomic E-state index is 12.0. The lowest BCUT2D eigenvalue weighted by Gasteiger charge is -2.37. The highest BCUT2D eigenvalue weighted by atomic mass is 16.5. The number of anilines is 1. The lowest BCUT2D eigenvalue weighted by atomic mass is 9.75. The third-order valence-electron chi connectivity index (χ3n) is 7.40. The van der Waals surface area contributed by atoms with Crippen LogP contribution in [0.3, 0.4) is 0 Å². The molecule has 184 valence electrons. The van der Waals surface area contributed by atoms with Gasteiger partial charge in [-0.1, -0.05) is 30.0 Å². The number of ether oxygens (including phenoxy) is 1. The van der Waals surface area contributed by atoms with Crippen LogP contribution in [0.25, 0.3) is 16.9 Å². The standard InChI is InChI=1S/C28H30N6O2/c1-20-19-36-16-15-33(20)26-17-24(23-18-30-34(27(23)31-26)25-11-14-29-32-25)28(35)12-9-22(10-13-28)8-7-21-5-3-2-4-6-21/h2-6,11,14,17-18,20,22,35H,9-10,12-13,15-16,19H2,1H3,(H,29,32)/t20-,22?,28?/m1/s1. The van der Waals surface area contributed by atoms with Crippen molar-refractivity contribution in [3.63, 3.8) is 0 Å². The number of hydrogen-bond donors (Lipinski definition) is 2. The molecule has 1 saturated heterocycles. The molecule has 3 aromatic heterocycles. The molecular formula is C28H30N6O2. The molecule has 0 amide bonds. The predicted octanol–water partition coefficient (Wildman–Crippen LogP) is 3.80. The molecule has 1 aromatic carbocycles. The van der Waals surface area contributed by atoms with E-state index < -0.39 is 5.60 Å². The van der Waals surface area contributed by atoms with Crippen molar-refractivity contribution in [2.75, 3.05) is 24.7 Å². The van der Waals surface area contributed by atoms with Gasteiger partial charge in [0.05, 0.1) is 31.1 Å².